The van der Waals surface area contributed by atoms with Crippen molar-refractivity contribution >= 4 is 0 Å². The van der Waals surface area contributed by atoms with Crippen LogP contribution in [-0.2, 0) is 15.0 Å². The lowest BCUT2D eigenvalue weighted by atomic mass is 9.93. The average Bonchev–Trinajstić information content (AvgIpc) is 3.55. The quantitative estimate of drug-likeness (QED) is 0.436. The molecule has 1 fully saturated rings. The Morgan fingerprint density at radius 3 is 2.71 bits per heavy atom. The van der Waals surface area contributed by atoms with Crippen molar-refractivity contribution in [1.82, 2.24) is 30.5 Å². The van der Waals surface area contributed by atoms with E-state index in [1.165, 1.54) is 0 Å². The highest BCUT2D eigenvalue weighted by Gasteiger charge is 2.37. The summed E-state index contributed by atoms with van der Waals surface area (Å²) in [7, 11) is 0. The van der Waals surface area contributed by atoms with Gasteiger partial charge in [0, 0.05) is 38.2 Å². The fourth-order valence-electron chi connectivity index (χ4n) is 4.07. The zero-order valence-corrected chi connectivity index (χ0v) is 20.1. The third-order valence-electron chi connectivity index (χ3n) is 6.55. The predicted octanol–water partition coefficient (Wildman–Crippen LogP) is 2.71. The maximum absolute atomic E-state index is 9.35. The first-order chi connectivity index (χ1) is 16.5. The van der Waals surface area contributed by atoms with Gasteiger partial charge < -0.3 is 19.0 Å². The number of oxazole rings is 1. The number of nitrogens with one attached hydrogen (secondary N) is 1. The van der Waals surface area contributed by atoms with Gasteiger partial charge in [-0.05, 0) is 42.8 Å². The molecule has 4 rings (SSSR count). The number of nitrogens with zero attached hydrogens (tertiary/aromatic N) is 5. The van der Waals surface area contributed by atoms with Gasteiger partial charge in [0.05, 0.1) is 30.6 Å². The molecule has 184 valence electrons. The SMILES string of the molecule is CCC(C)(C)n1nnnc1C(NCC1(OCCO)CCOCC1)c1cnc(-c2ccccc2)o1. The summed E-state index contributed by atoms with van der Waals surface area (Å²) < 4.78 is 19.8. The van der Waals surface area contributed by atoms with E-state index in [0.29, 0.717) is 37.2 Å². The number of hydrogen-bond acceptors (Lipinski definition) is 9. The normalized spacial score (nSPS) is 17.1. The maximum atomic E-state index is 9.35. The van der Waals surface area contributed by atoms with Crippen LogP contribution >= 0.6 is 0 Å². The van der Waals surface area contributed by atoms with Crippen LogP contribution in [0.5, 0.6) is 0 Å². The summed E-state index contributed by atoms with van der Waals surface area (Å²) >= 11 is 0. The Hall–Kier alpha value is -2.66. The van der Waals surface area contributed by atoms with Gasteiger partial charge in [-0.15, -0.1) is 5.10 Å². The molecule has 2 aromatic heterocycles. The van der Waals surface area contributed by atoms with Gasteiger partial charge in [0.2, 0.25) is 5.89 Å². The first-order valence-corrected chi connectivity index (χ1v) is 11.8. The summed E-state index contributed by atoms with van der Waals surface area (Å²) in [6.45, 7) is 8.29. The summed E-state index contributed by atoms with van der Waals surface area (Å²) in [4.78, 5) is 4.52. The van der Waals surface area contributed by atoms with Gasteiger partial charge in [-0.2, -0.15) is 0 Å². The smallest absolute Gasteiger partial charge is 0.226 e. The van der Waals surface area contributed by atoms with Gasteiger partial charge in [0.15, 0.2) is 5.82 Å². The van der Waals surface area contributed by atoms with Crippen molar-refractivity contribution in [3.05, 3.63) is 48.1 Å². The molecule has 10 heteroatoms. The van der Waals surface area contributed by atoms with Crippen molar-refractivity contribution in [2.45, 2.75) is 57.2 Å². The van der Waals surface area contributed by atoms with Crippen molar-refractivity contribution in [2.24, 2.45) is 0 Å². The lowest BCUT2D eigenvalue weighted by molar-refractivity contribution is -0.116. The summed E-state index contributed by atoms with van der Waals surface area (Å²) in [6.07, 6.45) is 4.03. The average molecular weight is 471 g/mol. The van der Waals surface area contributed by atoms with E-state index in [1.807, 2.05) is 35.0 Å². The van der Waals surface area contributed by atoms with E-state index in [9.17, 15) is 5.11 Å². The second kappa shape index (κ2) is 10.7. The Morgan fingerprint density at radius 1 is 1.24 bits per heavy atom. The molecule has 1 aromatic carbocycles. The van der Waals surface area contributed by atoms with Crippen LogP contribution in [0.15, 0.2) is 40.9 Å². The maximum Gasteiger partial charge on any atom is 0.226 e. The summed E-state index contributed by atoms with van der Waals surface area (Å²) in [5, 5.41) is 25.6. The number of aliphatic hydroxyl groups excluding tert-OH is 1. The fraction of sp³-hybridized carbons (Fsp3) is 0.583. The van der Waals surface area contributed by atoms with Crippen molar-refractivity contribution in [3.63, 3.8) is 0 Å². The van der Waals surface area contributed by atoms with Gasteiger partial charge in [-0.3, -0.25) is 5.32 Å². The molecule has 1 aliphatic heterocycles. The van der Waals surface area contributed by atoms with Crippen LogP contribution in [0.25, 0.3) is 11.5 Å². The Balaban J connectivity index is 1.67. The fourth-order valence-corrected chi connectivity index (χ4v) is 4.07. The molecule has 0 radical (unpaired) electrons. The minimum Gasteiger partial charge on any atom is -0.439 e. The molecule has 3 aromatic rings. The molecule has 0 aliphatic carbocycles. The largest absolute Gasteiger partial charge is 0.439 e. The number of ether oxygens (including phenoxy) is 2. The van der Waals surface area contributed by atoms with Crippen LogP contribution in [0.1, 0.15) is 57.7 Å². The number of rotatable bonds is 11. The van der Waals surface area contributed by atoms with E-state index in [-0.39, 0.29) is 18.8 Å². The highest BCUT2D eigenvalue weighted by atomic mass is 16.5. The van der Waals surface area contributed by atoms with E-state index in [4.69, 9.17) is 13.9 Å². The second-order valence-electron chi connectivity index (χ2n) is 9.23. The van der Waals surface area contributed by atoms with Crippen LogP contribution in [0, 0.1) is 0 Å². The number of tetrazole rings is 1. The lowest BCUT2D eigenvalue weighted by Gasteiger charge is -2.38. The molecule has 3 heterocycles. The standard InChI is InChI=1S/C24H34N6O4/c1-4-23(2,3)30-21(27-28-29-30)20(19-16-25-22(34-19)18-8-6-5-7-9-18)26-17-24(33-15-12-31)10-13-32-14-11-24/h5-9,16,20,26,31H,4,10-15,17H2,1-3H3. The Labute approximate surface area is 199 Å². The van der Waals surface area contributed by atoms with Crippen molar-refractivity contribution in [3.8, 4) is 11.5 Å². The Morgan fingerprint density at radius 2 is 2.00 bits per heavy atom. The molecule has 0 saturated carbocycles. The molecule has 1 unspecified atom stereocenters. The van der Waals surface area contributed by atoms with E-state index >= 15 is 0 Å². The molecule has 0 bridgehead atoms. The highest BCUT2D eigenvalue weighted by Crippen LogP contribution is 2.31. The van der Waals surface area contributed by atoms with Crippen molar-refractivity contribution in [2.75, 3.05) is 33.0 Å². The summed E-state index contributed by atoms with van der Waals surface area (Å²) in [6, 6.07) is 9.34. The van der Waals surface area contributed by atoms with Crippen molar-refractivity contribution in [1.29, 1.82) is 0 Å². The molecular weight excluding hydrogens is 436 g/mol. The van der Waals surface area contributed by atoms with Crippen LogP contribution < -0.4 is 5.32 Å². The van der Waals surface area contributed by atoms with E-state index < -0.39 is 11.6 Å². The Kier molecular flexibility index (Phi) is 7.72. The third-order valence-corrected chi connectivity index (χ3v) is 6.55. The number of hydrogen-bond donors (Lipinski definition) is 2. The molecule has 1 atom stereocenters. The molecule has 1 aliphatic rings. The summed E-state index contributed by atoms with van der Waals surface area (Å²) in [5.41, 5.74) is 0.151. The monoisotopic (exact) mass is 470 g/mol. The van der Waals surface area contributed by atoms with E-state index in [2.05, 4.69) is 46.6 Å². The first kappa shape index (κ1) is 24.5. The van der Waals surface area contributed by atoms with Crippen LogP contribution in [0.4, 0.5) is 0 Å². The highest BCUT2D eigenvalue weighted by molar-refractivity contribution is 5.52. The summed E-state index contributed by atoms with van der Waals surface area (Å²) in [5.74, 6) is 1.80. The minimum atomic E-state index is -0.458. The van der Waals surface area contributed by atoms with E-state index in [1.54, 1.807) is 6.20 Å². The number of aromatic nitrogens is 5. The predicted molar refractivity (Wildman–Crippen MR) is 125 cm³/mol. The van der Waals surface area contributed by atoms with Crippen LogP contribution in [-0.4, -0.2) is 68.9 Å². The Bertz CT molecular complexity index is 1030. The van der Waals surface area contributed by atoms with Gasteiger partial charge >= 0.3 is 0 Å². The molecular formula is C24H34N6O4. The minimum absolute atomic E-state index is 0.0302. The zero-order valence-electron chi connectivity index (χ0n) is 20.1. The first-order valence-electron chi connectivity index (χ1n) is 11.8. The second-order valence-corrected chi connectivity index (χ2v) is 9.23. The molecule has 2 N–H and O–H groups in total. The number of benzene rings is 1. The molecule has 0 spiro atoms. The topological polar surface area (TPSA) is 120 Å². The molecule has 34 heavy (non-hydrogen) atoms. The molecule has 1 saturated heterocycles. The third kappa shape index (κ3) is 5.35. The van der Waals surface area contributed by atoms with E-state index in [0.717, 1.165) is 24.8 Å². The number of aliphatic hydroxyl groups is 1. The van der Waals surface area contributed by atoms with Crippen LogP contribution in [0.3, 0.4) is 0 Å². The molecule has 10 nitrogen and oxygen atoms in total. The lowest BCUT2D eigenvalue weighted by Crippen LogP contribution is -2.49. The van der Waals surface area contributed by atoms with Crippen LogP contribution in [0.2, 0.25) is 0 Å². The van der Waals surface area contributed by atoms with Gasteiger partial charge in [0.1, 0.15) is 11.8 Å². The van der Waals surface area contributed by atoms with Gasteiger partial charge in [-0.25, -0.2) is 9.67 Å². The van der Waals surface area contributed by atoms with Crippen molar-refractivity contribution < 1.29 is 19.0 Å². The van der Waals surface area contributed by atoms with Gasteiger partial charge in [0.25, 0.3) is 0 Å². The zero-order chi connectivity index (χ0) is 24.0. The van der Waals surface area contributed by atoms with Gasteiger partial charge in [-0.1, -0.05) is 25.1 Å². The molecule has 0 amide bonds.